The van der Waals surface area contributed by atoms with Crippen molar-refractivity contribution in [1.29, 1.82) is 0 Å². The van der Waals surface area contributed by atoms with Gasteiger partial charge in [0.15, 0.2) is 0 Å². The van der Waals surface area contributed by atoms with Gasteiger partial charge in [0.2, 0.25) is 0 Å². The van der Waals surface area contributed by atoms with Gasteiger partial charge in [-0.05, 0) is 54.8 Å². The second kappa shape index (κ2) is 5.92. The summed E-state index contributed by atoms with van der Waals surface area (Å²) in [7, 11) is 0. The summed E-state index contributed by atoms with van der Waals surface area (Å²) in [5, 5.41) is 1.29. The molecule has 3 aromatic rings. The van der Waals surface area contributed by atoms with Crippen LogP contribution in [0.5, 0.6) is 0 Å². The van der Waals surface area contributed by atoms with Gasteiger partial charge in [-0.15, -0.1) is 0 Å². The van der Waals surface area contributed by atoms with Gasteiger partial charge >= 0.3 is 0 Å². The number of hydrogen-bond acceptors (Lipinski definition) is 2. The Labute approximate surface area is 139 Å². The van der Waals surface area contributed by atoms with Crippen molar-refractivity contribution in [3.8, 4) is 0 Å². The van der Waals surface area contributed by atoms with E-state index in [0.717, 1.165) is 22.4 Å². The van der Waals surface area contributed by atoms with Crippen molar-refractivity contribution in [3.05, 3.63) is 62.9 Å². The quantitative estimate of drug-likeness (QED) is 0.768. The van der Waals surface area contributed by atoms with Crippen molar-refractivity contribution in [2.24, 2.45) is 5.73 Å². The Morgan fingerprint density at radius 3 is 2.50 bits per heavy atom. The molecule has 0 radical (unpaired) electrons. The molecule has 0 fully saturated rings. The van der Waals surface area contributed by atoms with Gasteiger partial charge in [-0.2, -0.15) is 0 Å². The number of aryl methyl sites for hydroxylation is 2. The highest BCUT2D eigenvalue weighted by Gasteiger charge is 2.13. The highest BCUT2D eigenvalue weighted by Crippen LogP contribution is 2.26. The summed E-state index contributed by atoms with van der Waals surface area (Å²) < 4.78 is 2.12. The highest BCUT2D eigenvalue weighted by atomic mass is 35.5. The van der Waals surface area contributed by atoms with E-state index in [4.69, 9.17) is 28.9 Å². The predicted molar refractivity (Wildman–Crippen MR) is 92.7 cm³/mol. The van der Waals surface area contributed by atoms with Crippen molar-refractivity contribution in [2.45, 2.75) is 26.9 Å². The van der Waals surface area contributed by atoms with Crippen molar-refractivity contribution < 1.29 is 0 Å². The third kappa shape index (κ3) is 2.72. The van der Waals surface area contributed by atoms with Crippen molar-refractivity contribution in [1.82, 2.24) is 9.55 Å². The number of aromatic nitrogens is 2. The van der Waals surface area contributed by atoms with E-state index in [1.807, 2.05) is 12.1 Å². The Bertz CT molecular complexity index is 853. The van der Waals surface area contributed by atoms with E-state index in [-0.39, 0.29) is 0 Å². The lowest BCUT2D eigenvalue weighted by molar-refractivity contribution is 0.744. The predicted octanol–water partition coefficient (Wildman–Crippen LogP) is 4.47. The Balaban J connectivity index is 2.14. The van der Waals surface area contributed by atoms with Gasteiger partial charge in [0.1, 0.15) is 5.82 Å². The highest BCUT2D eigenvalue weighted by molar-refractivity contribution is 6.35. The maximum atomic E-state index is 6.30. The Kier molecular flexibility index (Phi) is 4.13. The second-order valence-electron chi connectivity index (χ2n) is 5.48. The van der Waals surface area contributed by atoms with Gasteiger partial charge in [0, 0.05) is 10.0 Å². The number of nitrogens with two attached hydrogens (primary N) is 1. The van der Waals surface area contributed by atoms with Crippen LogP contribution < -0.4 is 5.73 Å². The molecule has 0 aliphatic heterocycles. The van der Waals surface area contributed by atoms with Crippen LogP contribution in [0.2, 0.25) is 10.0 Å². The molecule has 22 heavy (non-hydrogen) atoms. The number of halogens is 2. The zero-order chi connectivity index (χ0) is 15.9. The minimum Gasteiger partial charge on any atom is -0.324 e. The minimum atomic E-state index is 0.387. The summed E-state index contributed by atoms with van der Waals surface area (Å²) in [6, 6.07) is 9.80. The van der Waals surface area contributed by atoms with Crippen LogP contribution in [-0.2, 0) is 13.1 Å². The van der Waals surface area contributed by atoms with Crippen molar-refractivity contribution in [3.63, 3.8) is 0 Å². The average Bonchev–Trinajstić information content (AvgIpc) is 2.80. The fourth-order valence-corrected chi connectivity index (χ4v) is 3.05. The number of hydrogen-bond donors (Lipinski definition) is 1. The molecule has 2 aromatic carbocycles. The van der Waals surface area contributed by atoms with Gasteiger partial charge in [-0.25, -0.2) is 4.98 Å². The molecule has 0 aliphatic rings. The van der Waals surface area contributed by atoms with Crippen molar-refractivity contribution in [2.75, 3.05) is 0 Å². The van der Waals surface area contributed by atoms with Crippen molar-refractivity contribution >= 4 is 34.2 Å². The summed E-state index contributed by atoms with van der Waals surface area (Å²) >= 11 is 12.3. The van der Waals surface area contributed by atoms with Gasteiger partial charge in [0.05, 0.1) is 24.1 Å². The largest absolute Gasteiger partial charge is 0.324 e. The number of nitrogens with zero attached hydrogens (tertiary/aromatic N) is 2. The molecule has 3 nitrogen and oxygen atoms in total. The second-order valence-corrected chi connectivity index (χ2v) is 6.32. The summed E-state index contributed by atoms with van der Waals surface area (Å²) in [6.07, 6.45) is 0. The SMILES string of the molecule is Cc1cc2nc(CN)n(Cc3ccc(Cl)cc3Cl)c2cc1C. The van der Waals surface area contributed by atoms with Crippen LogP contribution in [-0.4, -0.2) is 9.55 Å². The lowest BCUT2D eigenvalue weighted by atomic mass is 10.1. The molecule has 114 valence electrons. The fraction of sp³-hybridized carbons (Fsp3) is 0.235. The molecule has 0 unspecified atom stereocenters. The maximum absolute atomic E-state index is 6.30. The first kappa shape index (κ1) is 15.3. The van der Waals surface area contributed by atoms with E-state index in [2.05, 4.69) is 35.5 Å². The van der Waals surface area contributed by atoms with Crippen LogP contribution in [0.1, 0.15) is 22.5 Å². The zero-order valence-corrected chi connectivity index (χ0v) is 14.0. The van der Waals surface area contributed by atoms with E-state index < -0.39 is 0 Å². The molecule has 0 amide bonds. The summed E-state index contributed by atoms with van der Waals surface area (Å²) in [5.74, 6) is 0.853. The summed E-state index contributed by atoms with van der Waals surface area (Å²) in [5.41, 5.74) is 11.4. The summed E-state index contributed by atoms with van der Waals surface area (Å²) in [6.45, 7) is 5.20. The first-order valence-corrected chi connectivity index (χ1v) is 7.85. The normalized spacial score (nSPS) is 11.3. The monoisotopic (exact) mass is 333 g/mol. The number of rotatable bonds is 3. The fourth-order valence-electron chi connectivity index (χ4n) is 2.58. The molecule has 0 aliphatic carbocycles. The topological polar surface area (TPSA) is 43.8 Å². The molecule has 0 saturated heterocycles. The first-order valence-electron chi connectivity index (χ1n) is 7.10. The molecular weight excluding hydrogens is 317 g/mol. The van der Waals surface area contributed by atoms with Gasteiger partial charge in [-0.3, -0.25) is 0 Å². The van der Waals surface area contributed by atoms with E-state index in [1.54, 1.807) is 6.07 Å². The molecule has 0 saturated carbocycles. The molecular formula is C17H17Cl2N3. The lowest BCUT2D eigenvalue weighted by Crippen LogP contribution is -2.09. The smallest absolute Gasteiger partial charge is 0.123 e. The van der Waals surface area contributed by atoms with E-state index in [9.17, 15) is 0 Å². The van der Waals surface area contributed by atoms with E-state index in [0.29, 0.717) is 23.1 Å². The van der Waals surface area contributed by atoms with Crippen LogP contribution >= 0.6 is 23.2 Å². The van der Waals surface area contributed by atoms with Crippen LogP contribution in [0.25, 0.3) is 11.0 Å². The Morgan fingerprint density at radius 1 is 1.09 bits per heavy atom. The zero-order valence-electron chi connectivity index (χ0n) is 12.5. The lowest BCUT2D eigenvalue weighted by Gasteiger charge is -2.11. The number of fused-ring (bicyclic) bond motifs is 1. The number of benzene rings is 2. The van der Waals surface area contributed by atoms with E-state index >= 15 is 0 Å². The molecule has 0 atom stereocenters. The standard InChI is InChI=1S/C17H17Cl2N3/c1-10-5-15-16(6-11(10)2)22(17(8-20)21-15)9-12-3-4-13(18)7-14(12)19/h3-7H,8-9,20H2,1-2H3. The molecule has 1 heterocycles. The third-order valence-corrected chi connectivity index (χ3v) is 4.56. The Morgan fingerprint density at radius 2 is 1.82 bits per heavy atom. The van der Waals surface area contributed by atoms with Gasteiger partial charge in [0.25, 0.3) is 0 Å². The van der Waals surface area contributed by atoms with Crippen LogP contribution in [0, 0.1) is 13.8 Å². The first-order chi connectivity index (χ1) is 10.5. The van der Waals surface area contributed by atoms with Crippen LogP contribution in [0.4, 0.5) is 0 Å². The maximum Gasteiger partial charge on any atom is 0.123 e. The minimum absolute atomic E-state index is 0.387. The third-order valence-electron chi connectivity index (χ3n) is 3.97. The molecule has 3 rings (SSSR count). The van der Waals surface area contributed by atoms with E-state index in [1.165, 1.54) is 11.1 Å². The molecule has 0 bridgehead atoms. The Hall–Kier alpha value is -1.55. The molecule has 2 N–H and O–H groups in total. The molecule has 0 spiro atoms. The van der Waals surface area contributed by atoms with Gasteiger partial charge < -0.3 is 10.3 Å². The number of imidazole rings is 1. The van der Waals surface area contributed by atoms with Crippen LogP contribution in [0.15, 0.2) is 30.3 Å². The van der Waals surface area contributed by atoms with Crippen LogP contribution in [0.3, 0.4) is 0 Å². The molecule has 1 aromatic heterocycles. The van der Waals surface area contributed by atoms with Gasteiger partial charge in [-0.1, -0.05) is 29.3 Å². The molecule has 5 heteroatoms. The summed E-state index contributed by atoms with van der Waals surface area (Å²) in [4.78, 5) is 4.65. The average molecular weight is 334 g/mol.